The molecule has 0 unspecified atom stereocenters. The summed E-state index contributed by atoms with van der Waals surface area (Å²) in [6.45, 7) is 4.29. The Balaban J connectivity index is 1.79. The second-order valence-electron chi connectivity index (χ2n) is 6.60. The Morgan fingerprint density at radius 3 is 2.79 bits per heavy atom. The number of nitrogens with one attached hydrogen (secondary N) is 2. The smallest absolute Gasteiger partial charge is 0.315 e. The maximum atomic E-state index is 11.8. The zero-order valence-corrected chi connectivity index (χ0v) is 14.3. The van der Waals surface area contributed by atoms with Crippen molar-refractivity contribution >= 4 is 6.03 Å². The summed E-state index contributed by atoms with van der Waals surface area (Å²) in [6.07, 6.45) is 6.60. The molecule has 2 amide bonds. The Morgan fingerprint density at radius 1 is 1.33 bits per heavy atom. The second-order valence-corrected chi connectivity index (χ2v) is 6.60. The minimum absolute atomic E-state index is 0.116. The van der Waals surface area contributed by atoms with Crippen molar-refractivity contribution in [3.8, 4) is 11.4 Å². The number of aromatic nitrogens is 3. The molecule has 0 saturated heterocycles. The number of carbonyl (C=O) groups is 1. The standard InChI is InChI=1S/C18H25N5O/c1-13(2)21-18(24)20-12-14-11-17(16-9-5-6-10-19-16)23(22-14)15-7-3-4-8-15/h5-6,9-11,13,15H,3-4,7-8,12H2,1-2H3,(H2,20,21,24). The van der Waals surface area contributed by atoms with Gasteiger partial charge in [0.25, 0.3) is 0 Å². The molecule has 2 aromatic heterocycles. The monoisotopic (exact) mass is 327 g/mol. The molecule has 2 N–H and O–H groups in total. The zero-order chi connectivity index (χ0) is 16.9. The third-order valence-electron chi connectivity index (χ3n) is 4.23. The van der Waals surface area contributed by atoms with Gasteiger partial charge in [0, 0.05) is 12.2 Å². The van der Waals surface area contributed by atoms with Crippen molar-refractivity contribution in [3.63, 3.8) is 0 Å². The van der Waals surface area contributed by atoms with E-state index in [0.717, 1.165) is 29.9 Å². The summed E-state index contributed by atoms with van der Waals surface area (Å²) < 4.78 is 2.10. The minimum atomic E-state index is -0.167. The molecule has 1 aliphatic rings. The van der Waals surface area contributed by atoms with Crippen molar-refractivity contribution in [2.75, 3.05) is 0 Å². The molecule has 0 aromatic carbocycles. The van der Waals surface area contributed by atoms with Crippen LogP contribution in [0.25, 0.3) is 11.4 Å². The lowest BCUT2D eigenvalue weighted by Gasteiger charge is -2.13. The number of pyridine rings is 1. The van der Waals surface area contributed by atoms with Crippen molar-refractivity contribution in [3.05, 3.63) is 36.2 Å². The summed E-state index contributed by atoms with van der Waals surface area (Å²) in [7, 11) is 0. The van der Waals surface area contributed by atoms with E-state index < -0.39 is 0 Å². The topological polar surface area (TPSA) is 71.8 Å². The normalized spacial score (nSPS) is 15.0. The van der Waals surface area contributed by atoms with Gasteiger partial charge in [0.05, 0.1) is 29.7 Å². The van der Waals surface area contributed by atoms with E-state index in [0.29, 0.717) is 12.6 Å². The van der Waals surface area contributed by atoms with Crippen LogP contribution < -0.4 is 10.6 Å². The molecular weight excluding hydrogens is 302 g/mol. The Kier molecular flexibility index (Phi) is 5.13. The number of hydrogen-bond donors (Lipinski definition) is 2. The highest BCUT2D eigenvalue weighted by atomic mass is 16.2. The summed E-state index contributed by atoms with van der Waals surface area (Å²) >= 11 is 0. The molecule has 1 fully saturated rings. The molecule has 2 aromatic rings. The minimum Gasteiger partial charge on any atom is -0.336 e. The molecule has 128 valence electrons. The van der Waals surface area contributed by atoms with Gasteiger partial charge in [-0.05, 0) is 44.9 Å². The van der Waals surface area contributed by atoms with E-state index in [9.17, 15) is 4.79 Å². The predicted molar refractivity (Wildman–Crippen MR) is 93.5 cm³/mol. The van der Waals surface area contributed by atoms with Crippen LogP contribution in [0.4, 0.5) is 4.79 Å². The summed E-state index contributed by atoms with van der Waals surface area (Å²) in [6, 6.07) is 8.33. The highest BCUT2D eigenvalue weighted by Crippen LogP contribution is 2.33. The van der Waals surface area contributed by atoms with Crippen LogP contribution >= 0.6 is 0 Å². The van der Waals surface area contributed by atoms with E-state index in [4.69, 9.17) is 5.10 Å². The Hall–Kier alpha value is -2.37. The van der Waals surface area contributed by atoms with Crippen LogP contribution in [0.5, 0.6) is 0 Å². The van der Waals surface area contributed by atoms with Crippen LogP contribution in [-0.2, 0) is 6.54 Å². The molecule has 1 aliphatic carbocycles. The van der Waals surface area contributed by atoms with Gasteiger partial charge in [-0.2, -0.15) is 5.10 Å². The van der Waals surface area contributed by atoms with Gasteiger partial charge < -0.3 is 10.6 Å². The lowest BCUT2D eigenvalue weighted by Crippen LogP contribution is -2.39. The molecule has 3 rings (SSSR count). The number of amides is 2. The fourth-order valence-electron chi connectivity index (χ4n) is 3.15. The summed E-state index contributed by atoms with van der Waals surface area (Å²) in [5, 5.41) is 10.4. The lowest BCUT2D eigenvalue weighted by molar-refractivity contribution is 0.238. The third-order valence-corrected chi connectivity index (χ3v) is 4.23. The average molecular weight is 327 g/mol. The maximum Gasteiger partial charge on any atom is 0.315 e. The summed E-state index contributed by atoms with van der Waals surface area (Å²) in [4.78, 5) is 16.2. The van der Waals surface area contributed by atoms with E-state index in [1.54, 1.807) is 6.20 Å². The molecule has 0 bridgehead atoms. The van der Waals surface area contributed by atoms with Gasteiger partial charge in [-0.25, -0.2) is 4.79 Å². The van der Waals surface area contributed by atoms with E-state index >= 15 is 0 Å². The number of rotatable bonds is 5. The highest BCUT2D eigenvalue weighted by molar-refractivity contribution is 5.74. The van der Waals surface area contributed by atoms with Gasteiger partial charge in [-0.15, -0.1) is 0 Å². The van der Waals surface area contributed by atoms with E-state index in [2.05, 4.69) is 20.3 Å². The first-order valence-corrected chi connectivity index (χ1v) is 8.67. The van der Waals surface area contributed by atoms with Crippen LogP contribution in [0.15, 0.2) is 30.5 Å². The predicted octanol–water partition coefficient (Wildman–Crippen LogP) is 3.27. The fraction of sp³-hybridized carbons (Fsp3) is 0.500. The largest absolute Gasteiger partial charge is 0.336 e. The lowest BCUT2D eigenvalue weighted by atomic mass is 10.2. The Labute approximate surface area is 142 Å². The summed E-state index contributed by atoms with van der Waals surface area (Å²) in [5.41, 5.74) is 2.82. The number of nitrogens with zero attached hydrogens (tertiary/aromatic N) is 3. The van der Waals surface area contributed by atoms with Crippen LogP contribution in [0.2, 0.25) is 0 Å². The fourth-order valence-corrected chi connectivity index (χ4v) is 3.15. The molecule has 24 heavy (non-hydrogen) atoms. The molecule has 6 nitrogen and oxygen atoms in total. The van der Waals surface area contributed by atoms with Crippen molar-refractivity contribution < 1.29 is 4.79 Å². The first-order chi connectivity index (χ1) is 11.6. The van der Waals surface area contributed by atoms with Crippen LogP contribution in [-0.4, -0.2) is 26.8 Å². The van der Waals surface area contributed by atoms with Crippen molar-refractivity contribution in [2.24, 2.45) is 0 Å². The number of hydrogen-bond acceptors (Lipinski definition) is 3. The van der Waals surface area contributed by atoms with Crippen LogP contribution in [0.3, 0.4) is 0 Å². The first kappa shape index (κ1) is 16.5. The highest BCUT2D eigenvalue weighted by Gasteiger charge is 2.22. The SMILES string of the molecule is CC(C)NC(=O)NCc1cc(-c2ccccn2)n(C2CCCC2)n1. The Bertz CT molecular complexity index is 674. The van der Waals surface area contributed by atoms with Crippen LogP contribution in [0, 0.1) is 0 Å². The molecule has 6 heteroatoms. The number of urea groups is 1. The van der Waals surface area contributed by atoms with E-state index in [-0.39, 0.29) is 12.1 Å². The number of carbonyl (C=O) groups excluding carboxylic acids is 1. The molecule has 0 radical (unpaired) electrons. The van der Waals surface area contributed by atoms with E-state index in [1.807, 2.05) is 38.1 Å². The molecule has 0 aliphatic heterocycles. The van der Waals surface area contributed by atoms with Crippen molar-refractivity contribution in [2.45, 2.75) is 58.2 Å². The van der Waals surface area contributed by atoms with Crippen molar-refractivity contribution in [1.29, 1.82) is 0 Å². The second kappa shape index (κ2) is 7.47. The van der Waals surface area contributed by atoms with Gasteiger partial charge in [0.15, 0.2) is 0 Å². The zero-order valence-electron chi connectivity index (χ0n) is 14.3. The molecule has 1 saturated carbocycles. The van der Waals surface area contributed by atoms with Crippen molar-refractivity contribution in [1.82, 2.24) is 25.4 Å². The molecule has 2 heterocycles. The maximum absolute atomic E-state index is 11.8. The third kappa shape index (κ3) is 3.93. The van der Waals surface area contributed by atoms with Crippen LogP contribution in [0.1, 0.15) is 51.3 Å². The van der Waals surface area contributed by atoms with Gasteiger partial charge in [0.2, 0.25) is 0 Å². The molecule has 0 atom stereocenters. The molecule has 0 spiro atoms. The first-order valence-electron chi connectivity index (χ1n) is 8.67. The molecular formula is C18H25N5O. The average Bonchev–Trinajstić information content (AvgIpc) is 3.22. The van der Waals surface area contributed by atoms with Gasteiger partial charge in [0.1, 0.15) is 0 Å². The Morgan fingerprint density at radius 2 is 2.12 bits per heavy atom. The van der Waals surface area contributed by atoms with Gasteiger partial charge in [-0.3, -0.25) is 9.67 Å². The summed E-state index contributed by atoms with van der Waals surface area (Å²) in [5.74, 6) is 0. The van der Waals surface area contributed by atoms with Gasteiger partial charge in [-0.1, -0.05) is 18.9 Å². The van der Waals surface area contributed by atoms with Gasteiger partial charge >= 0.3 is 6.03 Å². The van der Waals surface area contributed by atoms with E-state index in [1.165, 1.54) is 12.8 Å². The quantitative estimate of drug-likeness (QED) is 0.885.